The third-order valence-corrected chi connectivity index (χ3v) is 10.1. The molecule has 7 rings (SSSR count). The molecule has 1 aromatic rings. The zero-order valence-electron chi connectivity index (χ0n) is 23.3. The van der Waals surface area contributed by atoms with Crippen LogP contribution in [0.5, 0.6) is 11.5 Å². The molecule has 6 aliphatic rings. The summed E-state index contributed by atoms with van der Waals surface area (Å²) in [7, 11) is 1.48. The normalized spacial score (nSPS) is 34.8. The minimum atomic E-state index is -1.10. The highest BCUT2D eigenvalue weighted by Gasteiger charge is 2.55. The first-order valence-corrected chi connectivity index (χ1v) is 14.7. The molecule has 5 aliphatic carbocycles. The highest BCUT2D eigenvalue weighted by molar-refractivity contribution is 5.96. The quantitative estimate of drug-likeness (QED) is 0.402. The van der Waals surface area contributed by atoms with Crippen LogP contribution in [0.15, 0.2) is 23.8 Å². The number of ether oxygens (including phenoxy) is 2. The van der Waals surface area contributed by atoms with Gasteiger partial charge in [-0.3, -0.25) is 14.4 Å². The molecule has 4 unspecified atom stereocenters. The summed E-state index contributed by atoms with van der Waals surface area (Å²) in [6.45, 7) is 2.24. The van der Waals surface area contributed by atoms with Crippen molar-refractivity contribution < 1.29 is 34.1 Å². The fraction of sp³-hybridized carbons (Fsp3) is 0.645. The average molecular weight is 553 g/mol. The lowest BCUT2D eigenvalue weighted by Gasteiger charge is -2.58. The molecule has 0 spiro atoms. The number of nitrogens with one attached hydrogen (secondary N) is 1. The Kier molecular flexibility index (Phi) is 7.15. The number of fused-ring (bicyclic) bond motifs is 3. The van der Waals surface area contributed by atoms with Gasteiger partial charge in [-0.25, -0.2) is 0 Å². The summed E-state index contributed by atoms with van der Waals surface area (Å²) in [6.07, 6.45) is 8.01. The first kappa shape index (κ1) is 27.3. The van der Waals surface area contributed by atoms with E-state index in [1.54, 1.807) is 18.2 Å². The summed E-state index contributed by atoms with van der Waals surface area (Å²) in [4.78, 5) is 40.6. The third-order valence-electron chi connectivity index (χ3n) is 10.1. The Balaban J connectivity index is 1.40. The SMILES string of the molecule is CCC(=O)N(CC12CC3CC(CC(C3)C1)C2)C1C=C(C(=O)NCCO)C2c3cc(C=O)cc(OC)c3OC2C1O. The Bertz CT molecular complexity index is 1190. The van der Waals surface area contributed by atoms with E-state index in [2.05, 4.69) is 5.32 Å². The van der Waals surface area contributed by atoms with Crippen LogP contribution >= 0.6 is 0 Å². The molecule has 4 bridgehead atoms. The van der Waals surface area contributed by atoms with Crippen LogP contribution < -0.4 is 14.8 Å². The molecule has 2 amide bonds. The van der Waals surface area contributed by atoms with Crippen molar-refractivity contribution in [2.75, 3.05) is 26.8 Å². The maximum absolute atomic E-state index is 13.6. The van der Waals surface area contributed by atoms with E-state index in [0.717, 1.165) is 19.3 Å². The van der Waals surface area contributed by atoms with Gasteiger partial charge in [0.15, 0.2) is 11.5 Å². The van der Waals surface area contributed by atoms with Crippen LogP contribution in [0.1, 0.15) is 73.7 Å². The molecular weight excluding hydrogens is 512 g/mol. The second-order valence-electron chi connectivity index (χ2n) is 12.7. The molecular formula is C31H40N2O7. The topological polar surface area (TPSA) is 125 Å². The van der Waals surface area contributed by atoms with Crippen LogP contribution in [0, 0.1) is 23.2 Å². The van der Waals surface area contributed by atoms with E-state index in [4.69, 9.17) is 9.47 Å². The van der Waals surface area contributed by atoms with E-state index in [0.29, 0.717) is 65.2 Å². The first-order chi connectivity index (χ1) is 19.3. The van der Waals surface area contributed by atoms with E-state index >= 15 is 0 Å². The van der Waals surface area contributed by atoms with Crippen LogP contribution in [0.2, 0.25) is 0 Å². The van der Waals surface area contributed by atoms with E-state index in [9.17, 15) is 24.6 Å². The van der Waals surface area contributed by atoms with E-state index in [-0.39, 0.29) is 24.5 Å². The standard InChI is InChI=1S/C31H40N2O7/c1-3-25(36)33(16-31-12-17-6-18(13-31)8-19(7-17)14-31)23-11-22(30(38)32-4-5-34)26-21-9-20(15-35)10-24(39-2)28(21)40-29(26)27(23)37/h9-11,15,17-19,23,26-27,29,34,37H,3-8,12-14,16H2,1-2H3,(H,32,38). The minimum Gasteiger partial charge on any atom is -0.493 e. The van der Waals surface area contributed by atoms with E-state index in [1.807, 2.05) is 11.8 Å². The molecule has 0 saturated heterocycles. The van der Waals surface area contributed by atoms with Crippen LogP contribution in [0.25, 0.3) is 0 Å². The molecule has 216 valence electrons. The maximum Gasteiger partial charge on any atom is 0.247 e. The summed E-state index contributed by atoms with van der Waals surface area (Å²) in [5.74, 6) is 1.77. The first-order valence-electron chi connectivity index (χ1n) is 14.7. The number of carbonyl (C=O) groups is 3. The van der Waals surface area contributed by atoms with Crippen molar-refractivity contribution in [3.8, 4) is 11.5 Å². The molecule has 0 aromatic heterocycles. The third kappa shape index (κ3) is 4.51. The summed E-state index contributed by atoms with van der Waals surface area (Å²) in [5.41, 5.74) is 1.36. The molecule has 0 radical (unpaired) electrons. The molecule has 40 heavy (non-hydrogen) atoms. The summed E-state index contributed by atoms with van der Waals surface area (Å²) >= 11 is 0. The zero-order chi connectivity index (χ0) is 28.2. The molecule has 1 aromatic carbocycles. The van der Waals surface area contributed by atoms with Crippen molar-refractivity contribution in [1.82, 2.24) is 10.2 Å². The molecule has 4 saturated carbocycles. The van der Waals surface area contributed by atoms with Crippen LogP contribution in [0.3, 0.4) is 0 Å². The highest BCUT2D eigenvalue weighted by Crippen LogP contribution is 2.60. The van der Waals surface area contributed by atoms with E-state index in [1.165, 1.54) is 26.4 Å². The van der Waals surface area contributed by atoms with Gasteiger partial charge in [0, 0.05) is 36.2 Å². The molecule has 4 atom stereocenters. The minimum absolute atomic E-state index is 0.0465. The van der Waals surface area contributed by atoms with Gasteiger partial charge >= 0.3 is 0 Å². The number of rotatable bonds is 9. The lowest BCUT2D eigenvalue weighted by Crippen LogP contribution is -2.59. The van der Waals surface area contributed by atoms with Crippen molar-refractivity contribution in [3.05, 3.63) is 34.9 Å². The number of carbonyl (C=O) groups excluding carboxylic acids is 3. The van der Waals surface area contributed by atoms with Gasteiger partial charge < -0.3 is 29.9 Å². The number of aldehydes is 1. The van der Waals surface area contributed by atoms with Gasteiger partial charge in [0.2, 0.25) is 11.8 Å². The number of hydrogen-bond donors (Lipinski definition) is 3. The van der Waals surface area contributed by atoms with Gasteiger partial charge in [-0.1, -0.05) is 6.92 Å². The molecule has 9 nitrogen and oxygen atoms in total. The van der Waals surface area contributed by atoms with Crippen molar-refractivity contribution in [2.45, 2.75) is 76.0 Å². The lowest BCUT2D eigenvalue weighted by molar-refractivity contribution is -0.144. The monoisotopic (exact) mass is 552 g/mol. The molecule has 9 heteroatoms. The second-order valence-corrected chi connectivity index (χ2v) is 12.7. The number of nitrogens with zero attached hydrogens (tertiary/aromatic N) is 1. The lowest BCUT2D eigenvalue weighted by atomic mass is 9.49. The predicted octanol–water partition coefficient (Wildman–Crippen LogP) is 2.59. The van der Waals surface area contributed by atoms with Gasteiger partial charge in [-0.05, 0) is 79.9 Å². The number of hydrogen-bond acceptors (Lipinski definition) is 7. The zero-order valence-corrected chi connectivity index (χ0v) is 23.3. The van der Waals surface area contributed by atoms with Gasteiger partial charge in [0.25, 0.3) is 0 Å². The molecule has 3 N–H and O–H groups in total. The van der Waals surface area contributed by atoms with Crippen molar-refractivity contribution in [1.29, 1.82) is 0 Å². The molecule has 1 heterocycles. The number of methoxy groups -OCH3 is 1. The fourth-order valence-corrected chi connectivity index (χ4v) is 8.97. The van der Waals surface area contributed by atoms with Gasteiger partial charge in [0.05, 0.1) is 25.7 Å². The summed E-state index contributed by atoms with van der Waals surface area (Å²) in [6, 6.07) is 2.49. The van der Waals surface area contributed by atoms with E-state index < -0.39 is 30.1 Å². The van der Waals surface area contributed by atoms with Gasteiger partial charge in [-0.15, -0.1) is 0 Å². The van der Waals surface area contributed by atoms with Crippen LogP contribution in [-0.2, 0) is 9.59 Å². The van der Waals surface area contributed by atoms with Gasteiger partial charge in [-0.2, -0.15) is 0 Å². The number of benzene rings is 1. The van der Waals surface area contributed by atoms with Gasteiger partial charge in [0.1, 0.15) is 18.5 Å². The number of aliphatic hydroxyl groups excluding tert-OH is 2. The maximum atomic E-state index is 13.6. The fourth-order valence-electron chi connectivity index (χ4n) is 8.97. The Morgan fingerprint density at radius 1 is 1.18 bits per heavy atom. The average Bonchev–Trinajstić information content (AvgIpc) is 3.33. The number of amides is 2. The highest BCUT2D eigenvalue weighted by atomic mass is 16.5. The Hall–Kier alpha value is -2.91. The van der Waals surface area contributed by atoms with Crippen molar-refractivity contribution in [2.24, 2.45) is 23.2 Å². The largest absolute Gasteiger partial charge is 0.493 e. The van der Waals surface area contributed by atoms with Crippen LogP contribution in [-0.4, -0.2) is 78.3 Å². The Labute approximate surface area is 234 Å². The Morgan fingerprint density at radius 2 is 1.85 bits per heavy atom. The summed E-state index contributed by atoms with van der Waals surface area (Å²) in [5, 5.41) is 24.0. The molecule has 4 fully saturated rings. The smallest absolute Gasteiger partial charge is 0.247 e. The predicted molar refractivity (Wildman–Crippen MR) is 146 cm³/mol. The van der Waals surface area contributed by atoms with Crippen molar-refractivity contribution >= 4 is 18.1 Å². The molecule has 1 aliphatic heterocycles. The Morgan fingerprint density at radius 3 is 2.42 bits per heavy atom. The van der Waals surface area contributed by atoms with Crippen molar-refractivity contribution in [3.63, 3.8) is 0 Å². The summed E-state index contributed by atoms with van der Waals surface area (Å²) < 4.78 is 11.8. The van der Waals surface area contributed by atoms with Crippen LogP contribution in [0.4, 0.5) is 0 Å². The number of aliphatic hydroxyl groups is 2. The second kappa shape index (κ2) is 10.5.